The van der Waals surface area contributed by atoms with E-state index in [9.17, 15) is 9.18 Å². The number of H-pyrrole nitrogens is 1. The zero-order chi connectivity index (χ0) is 15.5. The number of hydrogen-bond acceptors (Lipinski definition) is 3. The van der Waals surface area contributed by atoms with Crippen LogP contribution in [0.15, 0.2) is 48.9 Å². The first-order valence-corrected chi connectivity index (χ1v) is 6.74. The van der Waals surface area contributed by atoms with E-state index in [-0.39, 0.29) is 11.0 Å². The van der Waals surface area contributed by atoms with E-state index in [0.29, 0.717) is 5.56 Å². The van der Waals surface area contributed by atoms with Crippen molar-refractivity contribution < 1.29 is 9.18 Å². The highest BCUT2D eigenvalue weighted by Crippen LogP contribution is 2.23. The lowest BCUT2D eigenvalue weighted by molar-refractivity contribution is 0.102. The van der Waals surface area contributed by atoms with E-state index in [0.717, 1.165) is 17.3 Å². The van der Waals surface area contributed by atoms with Gasteiger partial charge in [0, 0.05) is 18.0 Å². The Morgan fingerprint density at radius 3 is 2.73 bits per heavy atom. The van der Waals surface area contributed by atoms with Crippen molar-refractivity contribution in [2.75, 3.05) is 5.32 Å². The largest absolute Gasteiger partial charge is 0.366 e. The van der Waals surface area contributed by atoms with E-state index in [1.54, 1.807) is 12.4 Å². The van der Waals surface area contributed by atoms with Crippen LogP contribution in [0.4, 0.5) is 10.3 Å². The second-order valence-electron chi connectivity index (χ2n) is 4.44. The molecule has 5 nitrogen and oxygen atoms in total. The summed E-state index contributed by atoms with van der Waals surface area (Å²) < 4.78 is 13.3. The van der Waals surface area contributed by atoms with Crippen LogP contribution in [0.1, 0.15) is 10.4 Å². The van der Waals surface area contributed by atoms with E-state index in [1.807, 2.05) is 30.3 Å². The summed E-state index contributed by atoms with van der Waals surface area (Å²) in [5.74, 6) is -1.47. The number of anilines is 1. The van der Waals surface area contributed by atoms with Gasteiger partial charge in [-0.15, -0.1) is 0 Å². The Hall–Kier alpha value is -2.73. The molecule has 1 aromatic carbocycles. The van der Waals surface area contributed by atoms with Crippen LogP contribution in [0.3, 0.4) is 0 Å². The molecule has 3 rings (SSSR count). The molecule has 0 spiro atoms. The van der Waals surface area contributed by atoms with Crippen molar-refractivity contribution in [3.63, 3.8) is 0 Å². The van der Waals surface area contributed by atoms with E-state index in [4.69, 9.17) is 11.6 Å². The fourth-order valence-electron chi connectivity index (χ4n) is 1.98. The van der Waals surface area contributed by atoms with Gasteiger partial charge in [0.2, 0.25) is 11.9 Å². The lowest BCUT2D eigenvalue weighted by atomic mass is 10.0. The second-order valence-corrected chi connectivity index (χ2v) is 4.84. The number of carbonyl (C=O) groups excluding carboxylic acids is 1. The minimum absolute atomic E-state index is 0.146. The Bertz CT molecular complexity index is 819. The Labute approximate surface area is 130 Å². The van der Waals surface area contributed by atoms with Gasteiger partial charge in [0.15, 0.2) is 0 Å². The molecular formula is C15H10ClFN4O. The number of nitrogens with zero attached hydrogens (tertiary/aromatic N) is 2. The lowest BCUT2D eigenvalue weighted by Gasteiger charge is -2.05. The predicted molar refractivity (Wildman–Crippen MR) is 81.2 cm³/mol. The van der Waals surface area contributed by atoms with Crippen LogP contribution in [0.2, 0.25) is 5.02 Å². The Morgan fingerprint density at radius 2 is 2.00 bits per heavy atom. The summed E-state index contributed by atoms with van der Waals surface area (Å²) in [5.41, 5.74) is 2.02. The number of amides is 1. The van der Waals surface area contributed by atoms with Gasteiger partial charge >= 0.3 is 0 Å². The summed E-state index contributed by atoms with van der Waals surface area (Å²) in [5, 5.41) is 2.24. The first-order chi connectivity index (χ1) is 10.6. The summed E-state index contributed by atoms with van der Waals surface area (Å²) in [7, 11) is 0. The zero-order valence-electron chi connectivity index (χ0n) is 11.2. The van der Waals surface area contributed by atoms with Crippen molar-refractivity contribution >= 4 is 23.5 Å². The third kappa shape index (κ3) is 2.82. The number of halogens is 2. The standard InChI is InChI=1S/C15H10ClFN4O/c16-12-8-19-15(20-13(12)17)21-14(22)11-7-18-6-10(11)9-4-2-1-3-5-9/h1-8,18H,(H,19,20,21,22). The van der Waals surface area contributed by atoms with Gasteiger partial charge in [0.1, 0.15) is 5.02 Å². The normalized spacial score (nSPS) is 10.5. The molecule has 0 saturated heterocycles. The monoisotopic (exact) mass is 316 g/mol. The number of aromatic amines is 1. The average molecular weight is 317 g/mol. The molecule has 2 heterocycles. The molecule has 0 bridgehead atoms. The molecule has 0 aliphatic heterocycles. The van der Waals surface area contributed by atoms with E-state index in [1.165, 1.54) is 0 Å². The third-order valence-corrected chi connectivity index (χ3v) is 3.26. The third-order valence-electron chi connectivity index (χ3n) is 3.00. The molecular weight excluding hydrogens is 307 g/mol. The maximum Gasteiger partial charge on any atom is 0.260 e. The Morgan fingerprint density at radius 1 is 1.23 bits per heavy atom. The smallest absolute Gasteiger partial charge is 0.260 e. The highest BCUT2D eigenvalue weighted by atomic mass is 35.5. The predicted octanol–water partition coefficient (Wildman–Crippen LogP) is 3.52. The van der Waals surface area contributed by atoms with Crippen LogP contribution in [-0.4, -0.2) is 20.9 Å². The highest BCUT2D eigenvalue weighted by molar-refractivity contribution is 6.30. The van der Waals surface area contributed by atoms with Gasteiger partial charge in [-0.1, -0.05) is 41.9 Å². The number of aromatic nitrogens is 3. The zero-order valence-corrected chi connectivity index (χ0v) is 11.9. The van der Waals surface area contributed by atoms with E-state index < -0.39 is 11.9 Å². The maximum atomic E-state index is 13.3. The number of benzene rings is 1. The van der Waals surface area contributed by atoms with Gasteiger partial charge in [-0.25, -0.2) is 4.98 Å². The molecule has 7 heteroatoms. The minimum atomic E-state index is -0.885. The maximum absolute atomic E-state index is 13.3. The van der Waals surface area contributed by atoms with Gasteiger partial charge in [-0.3, -0.25) is 10.1 Å². The lowest BCUT2D eigenvalue weighted by Crippen LogP contribution is -2.14. The summed E-state index contributed by atoms with van der Waals surface area (Å²) in [6.07, 6.45) is 4.37. The molecule has 0 unspecified atom stereocenters. The van der Waals surface area contributed by atoms with Crippen molar-refractivity contribution in [3.8, 4) is 11.1 Å². The second kappa shape index (κ2) is 5.95. The fourth-order valence-corrected chi connectivity index (χ4v) is 2.07. The molecule has 0 aliphatic rings. The Balaban J connectivity index is 1.87. The molecule has 22 heavy (non-hydrogen) atoms. The van der Waals surface area contributed by atoms with E-state index >= 15 is 0 Å². The minimum Gasteiger partial charge on any atom is -0.366 e. The summed E-state index contributed by atoms with van der Waals surface area (Å²) >= 11 is 5.50. The molecule has 0 atom stereocenters. The van der Waals surface area contributed by atoms with Crippen LogP contribution >= 0.6 is 11.6 Å². The van der Waals surface area contributed by atoms with Crippen LogP contribution in [-0.2, 0) is 0 Å². The first-order valence-electron chi connectivity index (χ1n) is 6.37. The van der Waals surface area contributed by atoms with Crippen LogP contribution in [0, 0.1) is 5.95 Å². The SMILES string of the molecule is O=C(Nc1ncc(Cl)c(F)n1)c1c[nH]cc1-c1ccccc1. The van der Waals surface area contributed by atoms with Crippen molar-refractivity contribution in [1.29, 1.82) is 0 Å². The van der Waals surface area contributed by atoms with Crippen molar-refractivity contribution in [3.05, 3.63) is 65.5 Å². The number of hydrogen-bond donors (Lipinski definition) is 2. The highest BCUT2D eigenvalue weighted by Gasteiger charge is 2.15. The summed E-state index contributed by atoms with van der Waals surface area (Å²) in [4.78, 5) is 22.4. The molecule has 2 N–H and O–H groups in total. The van der Waals surface area contributed by atoms with E-state index in [2.05, 4.69) is 20.3 Å². The van der Waals surface area contributed by atoms with Crippen molar-refractivity contribution in [2.45, 2.75) is 0 Å². The van der Waals surface area contributed by atoms with Gasteiger partial charge in [-0.2, -0.15) is 9.37 Å². The molecule has 0 saturated carbocycles. The van der Waals surface area contributed by atoms with Crippen LogP contribution in [0.25, 0.3) is 11.1 Å². The van der Waals surface area contributed by atoms with Crippen molar-refractivity contribution in [2.24, 2.45) is 0 Å². The number of nitrogens with one attached hydrogen (secondary N) is 2. The topological polar surface area (TPSA) is 70.7 Å². The quantitative estimate of drug-likeness (QED) is 0.726. The van der Waals surface area contributed by atoms with Crippen LogP contribution in [0.5, 0.6) is 0 Å². The molecule has 0 fully saturated rings. The summed E-state index contributed by atoms with van der Waals surface area (Å²) in [6.45, 7) is 0. The Kier molecular flexibility index (Phi) is 3.84. The van der Waals surface area contributed by atoms with Crippen molar-refractivity contribution in [1.82, 2.24) is 15.0 Å². The van der Waals surface area contributed by atoms with Gasteiger partial charge in [0.25, 0.3) is 5.91 Å². The van der Waals surface area contributed by atoms with Gasteiger partial charge < -0.3 is 4.98 Å². The molecule has 0 aliphatic carbocycles. The average Bonchev–Trinajstić information content (AvgIpc) is 3.01. The fraction of sp³-hybridized carbons (Fsp3) is 0. The summed E-state index contributed by atoms with van der Waals surface area (Å²) in [6, 6.07) is 9.42. The van der Waals surface area contributed by atoms with Crippen LogP contribution < -0.4 is 5.32 Å². The van der Waals surface area contributed by atoms with Gasteiger partial charge in [-0.05, 0) is 5.56 Å². The molecule has 3 aromatic rings. The molecule has 1 amide bonds. The number of carbonyl (C=O) groups is 1. The first kappa shape index (κ1) is 14.2. The molecule has 110 valence electrons. The van der Waals surface area contributed by atoms with Gasteiger partial charge in [0.05, 0.1) is 11.8 Å². The molecule has 0 radical (unpaired) electrons. The number of rotatable bonds is 3. The molecule has 2 aromatic heterocycles.